The Balaban J connectivity index is 1.36. The van der Waals surface area contributed by atoms with Gasteiger partial charge in [-0.05, 0) is 69.6 Å². The van der Waals surface area contributed by atoms with Crippen LogP contribution >= 0.6 is 0 Å². The lowest BCUT2D eigenvalue weighted by molar-refractivity contribution is -0.123. The molecule has 0 saturated carbocycles. The second kappa shape index (κ2) is 9.91. The van der Waals surface area contributed by atoms with Crippen LogP contribution in [-0.4, -0.2) is 51.1 Å². The maximum Gasteiger partial charge on any atom is 0.239 e. The van der Waals surface area contributed by atoms with Crippen LogP contribution < -0.4 is 10.6 Å². The standard InChI is InChI=1S/C24H27FN6O2/c1-16-5-3-7-21(26-16)27-24(33)18-6-4-12-30(14-18)15-23(32)28-22-13-17(2)29-31(22)20-10-8-19(25)9-11-20/h3,5,7-11,13,18H,4,6,12,14-15H2,1-2H3,(H,28,32)(H,26,27,33). The summed E-state index contributed by atoms with van der Waals surface area (Å²) in [4.78, 5) is 31.8. The van der Waals surface area contributed by atoms with Crippen LogP contribution in [0.25, 0.3) is 5.69 Å². The molecule has 3 heterocycles. The van der Waals surface area contributed by atoms with Crippen LogP contribution in [-0.2, 0) is 9.59 Å². The van der Waals surface area contributed by atoms with Gasteiger partial charge in [0.2, 0.25) is 11.8 Å². The smallest absolute Gasteiger partial charge is 0.239 e. The number of hydrogen-bond acceptors (Lipinski definition) is 5. The summed E-state index contributed by atoms with van der Waals surface area (Å²) in [5.41, 5.74) is 2.22. The maximum absolute atomic E-state index is 13.3. The van der Waals surface area contributed by atoms with Crippen LogP contribution in [0.3, 0.4) is 0 Å². The van der Waals surface area contributed by atoms with E-state index in [1.54, 1.807) is 28.9 Å². The number of carbonyl (C=O) groups excluding carboxylic acids is 2. The number of amides is 2. The number of carbonyl (C=O) groups is 2. The summed E-state index contributed by atoms with van der Waals surface area (Å²) in [5, 5.41) is 10.2. The van der Waals surface area contributed by atoms with Crippen molar-refractivity contribution in [1.29, 1.82) is 0 Å². The van der Waals surface area contributed by atoms with Gasteiger partial charge in [-0.15, -0.1) is 0 Å². The van der Waals surface area contributed by atoms with Crippen molar-refractivity contribution in [1.82, 2.24) is 19.7 Å². The van der Waals surface area contributed by atoms with Gasteiger partial charge in [-0.25, -0.2) is 14.1 Å². The third-order valence-electron chi connectivity index (χ3n) is 5.55. The summed E-state index contributed by atoms with van der Waals surface area (Å²) in [6.45, 7) is 5.12. The molecule has 2 amide bonds. The number of anilines is 2. The van der Waals surface area contributed by atoms with E-state index in [1.807, 2.05) is 30.9 Å². The average Bonchev–Trinajstić information content (AvgIpc) is 3.14. The molecule has 1 aliphatic rings. The van der Waals surface area contributed by atoms with Gasteiger partial charge in [0.1, 0.15) is 17.5 Å². The SMILES string of the molecule is Cc1cccc(NC(=O)C2CCCN(CC(=O)Nc3cc(C)nn3-c3ccc(F)cc3)C2)n1. The molecule has 0 radical (unpaired) electrons. The highest BCUT2D eigenvalue weighted by atomic mass is 19.1. The number of halogens is 1. The average molecular weight is 451 g/mol. The van der Waals surface area contributed by atoms with Gasteiger partial charge in [0.25, 0.3) is 0 Å². The van der Waals surface area contributed by atoms with E-state index >= 15 is 0 Å². The van der Waals surface area contributed by atoms with Gasteiger partial charge in [-0.1, -0.05) is 6.07 Å². The summed E-state index contributed by atoms with van der Waals surface area (Å²) < 4.78 is 14.8. The van der Waals surface area contributed by atoms with Crippen molar-refractivity contribution in [2.24, 2.45) is 5.92 Å². The lowest BCUT2D eigenvalue weighted by Crippen LogP contribution is -2.44. The normalized spacial score (nSPS) is 16.4. The van der Waals surface area contributed by atoms with Gasteiger partial charge in [0.05, 0.1) is 23.8 Å². The number of nitrogens with one attached hydrogen (secondary N) is 2. The molecule has 3 aromatic rings. The maximum atomic E-state index is 13.3. The summed E-state index contributed by atoms with van der Waals surface area (Å²) >= 11 is 0. The molecule has 1 fully saturated rings. The first kappa shape index (κ1) is 22.6. The lowest BCUT2D eigenvalue weighted by atomic mass is 9.97. The predicted molar refractivity (Wildman–Crippen MR) is 124 cm³/mol. The monoisotopic (exact) mass is 450 g/mol. The minimum Gasteiger partial charge on any atom is -0.310 e. The molecule has 0 spiro atoms. The Morgan fingerprint density at radius 3 is 2.64 bits per heavy atom. The Bertz CT molecular complexity index is 1140. The molecule has 1 atom stereocenters. The Hall–Kier alpha value is -3.59. The van der Waals surface area contributed by atoms with Crippen molar-refractivity contribution >= 4 is 23.5 Å². The minimum absolute atomic E-state index is 0.0804. The summed E-state index contributed by atoms with van der Waals surface area (Å²) in [6.07, 6.45) is 1.60. The quantitative estimate of drug-likeness (QED) is 0.601. The third kappa shape index (κ3) is 5.81. The molecule has 1 saturated heterocycles. The topological polar surface area (TPSA) is 92.2 Å². The second-order valence-electron chi connectivity index (χ2n) is 8.34. The van der Waals surface area contributed by atoms with Crippen molar-refractivity contribution < 1.29 is 14.0 Å². The van der Waals surface area contributed by atoms with Crippen LogP contribution in [0.1, 0.15) is 24.2 Å². The molecule has 1 aromatic carbocycles. The van der Waals surface area contributed by atoms with Crippen molar-refractivity contribution in [3.63, 3.8) is 0 Å². The first-order valence-corrected chi connectivity index (χ1v) is 11.0. The van der Waals surface area contributed by atoms with Crippen LogP contribution in [0.15, 0.2) is 48.5 Å². The van der Waals surface area contributed by atoms with Gasteiger partial charge in [0, 0.05) is 18.3 Å². The highest BCUT2D eigenvalue weighted by Crippen LogP contribution is 2.20. The fourth-order valence-electron chi connectivity index (χ4n) is 4.01. The minimum atomic E-state index is -0.338. The highest BCUT2D eigenvalue weighted by Gasteiger charge is 2.27. The molecular weight excluding hydrogens is 423 g/mol. The molecule has 33 heavy (non-hydrogen) atoms. The number of rotatable bonds is 6. The van der Waals surface area contributed by atoms with Crippen molar-refractivity contribution in [2.75, 3.05) is 30.3 Å². The number of aryl methyl sites for hydroxylation is 2. The van der Waals surface area contributed by atoms with E-state index in [9.17, 15) is 14.0 Å². The molecule has 8 nitrogen and oxygen atoms in total. The number of pyridine rings is 1. The van der Waals surface area contributed by atoms with Crippen LogP contribution in [0, 0.1) is 25.6 Å². The number of hydrogen-bond donors (Lipinski definition) is 2. The number of nitrogens with zero attached hydrogens (tertiary/aromatic N) is 4. The van der Waals surface area contributed by atoms with E-state index < -0.39 is 0 Å². The molecule has 1 aliphatic heterocycles. The van der Waals surface area contributed by atoms with Gasteiger partial charge in [0.15, 0.2) is 0 Å². The highest BCUT2D eigenvalue weighted by molar-refractivity contribution is 5.93. The Morgan fingerprint density at radius 1 is 1.09 bits per heavy atom. The van der Waals surface area contributed by atoms with Gasteiger partial charge >= 0.3 is 0 Å². The van der Waals surface area contributed by atoms with Gasteiger partial charge in [-0.3, -0.25) is 14.5 Å². The third-order valence-corrected chi connectivity index (χ3v) is 5.55. The molecule has 0 bridgehead atoms. The zero-order chi connectivity index (χ0) is 23.4. The Kier molecular flexibility index (Phi) is 6.79. The van der Waals surface area contributed by atoms with Crippen LogP contribution in [0.5, 0.6) is 0 Å². The van der Waals surface area contributed by atoms with Gasteiger partial charge in [-0.2, -0.15) is 5.10 Å². The molecular formula is C24H27FN6O2. The molecule has 9 heteroatoms. The molecule has 2 aromatic heterocycles. The Morgan fingerprint density at radius 2 is 1.88 bits per heavy atom. The van der Waals surface area contributed by atoms with Crippen LogP contribution in [0.2, 0.25) is 0 Å². The van der Waals surface area contributed by atoms with Crippen molar-refractivity contribution in [3.05, 3.63) is 65.7 Å². The summed E-state index contributed by atoms with van der Waals surface area (Å²) in [6, 6.07) is 13.2. The number of piperidine rings is 1. The van der Waals surface area contributed by atoms with Crippen molar-refractivity contribution in [3.8, 4) is 5.69 Å². The largest absolute Gasteiger partial charge is 0.310 e. The predicted octanol–water partition coefficient (Wildman–Crippen LogP) is 3.31. The number of likely N-dealkylation sites (tertiary alicyclic amines) is 1. The zero-order valence-corrected chi connectivity index (χ0v) is 18.7. The van der Waals surface area contributed by atoms with E-state index in [0.29, 0.717) is 23.9 Å². The fourth-order valence-corrected chi connectivity index (χ4v) is 4.01. The van der Waals surface area contributed by atoms with Gasteiger partial charge < -0.3 is 10.6 Å². The number of benzene rings is 1. The molecule has 0 aliphatic carbocycles. The zero-order valence-electron chi connectivity index (χ0n) is 18.7. The van der Waals surface area contributed by atoms with E-state index in [0.717, 1.165) is 30.8 Å². The molecule has 2 N–H and O–H groups in total. The van der Waals surface area contributed by atoms with Crippen molar-refractivity contribution in [2.45, 2.75) is 26.7 Å². The van der Waals surface area contributed by atoms with Crippen LogP contribution in [0.4, 0.5) is 16.0 Å². The Labute approximate surface area is 191 Å². The second-order valence-corrected chi connectivity index (χ2v) is 8.34. The van der Waals surface area contributed by atoms with E-state index in [2.05, 4.69) is 20.7 Å². The number of aromatic nitrogens is 3. The first-order chi connectivity index (χ1) is 15.9. The summed E-state index contributed by atoms with van der Waals surface area (Å²) in [7, 11) is 0. The van der Waals surface area contributed by atoms with E-state index in [-0.39, 0.29) is 30.1 Å². The molecule has 172 valence electrons. The van der Waals surface area contributed by atoms with E-state index in [4.69, 9.17) is 0 Å². The first-order valence-electron chi connectivity index (χ1n) is 11.0. The lowest BCUT2D eigenvalue weighted by Gasteiger charge is -2.31. The molecule has 4 rings (SSSR count). The molecule has 1 unspecified atom stereocenters. The fraction of sp³-hybridized carbons (Fsp3) is 0.333. The van der Waals surface area contributed by atoms with E-state index in [1.165, 1.54) is 12.1 Å². The summed E-state index contributed by atoms with van der Waals surface area (Å²) in [5.74, 6) is 0.235.